The van der Waals surface area contributed by atoms with Crippen molar-refractivity contribution in [2.75, 3.05) is 0 Å². The first kappa shape index (κ1) is 9.81. The van der Waals surface area contributed by atoms with E-state index in [2.05, 4.69) is 6.58 Å². The summed E-state index contributed by atoms with van der Waals surface area (Å²) in [6.45, 7) is 5.25. The van der Waals surface area contributed by atoms with Crippen molar-refractivity contribution in [1.29, 1.82) is 0 Å². The van der Waals surface area contributed by atoms with Crippen molar-refractivity contribution >= 4 is 0 Å². The second kappa shape index (κ2) is 4.67. The van der Waals surface area contributed by atoms with Crippen LogP contribution in [-0.4, -0.2) is 11.4 Å². The van der Waals surface area contributed by atoms with Crippen molar-refractivity contribution in [2.24, 2.45) is 0 Å². The van der Waals surface area contributed by atoms with Gasteiger partial charge in [-0.05, 0) is 25.0 Å². The zero-order valence-electron chi connectivity index (χ0n) is 7.73. The van der Waals surface area contributed by atoms with Gasteiger partial charge in [0.05, 0.1) is 0 Å². The number of para-hydroxylation sites is 1. The van der Waals surface area contributed by atoms with Crippen molar-refractivity contribution in [3.05, 3.63) is 42.5 Å². The summed E-state index contributed by atoms with van der Waals surface area (Å²) >= 11 is 0. The molecule has 2 heteroatoms. The Kier molecular flexibility index (Phi) is 3.53. The summed E-state index contributed by atoms with van der Waals surface area (Å²) in [4.78, 5) is 0. The van der Waals surface area contributed by atoms with Gasteiger partial charge >= 0.3 is 0 Å². The van der Waals surface area contributed by atoms with Gasteiger partial charge in [-0.25, -0.2) is 0 Å². The summed E-state index contributed by atoms with van der Waals surface area (Å²) in [6, 6.07) is 7.61. The molecule has 0 aliphatic carbocycles. The van der Waals surface area contributed by atoms with Crippen molar-refractivity contribution < 1.29 is 9.84 Å². The number of benzene rings is 1. The molecule has 0 radical (unpaired) electrons. The lowest BCUT2D eigenvalue weighted by atomic mass is 10.1. The highest BCUT2D eigenvalue weighted by atomic mass is 16.6. The zero-order valence-corrected chi connectivity index (χ0v) is 7.73. The summed E-state index contributed by atoms with van der Waals surface area (Å²) in [5.41, 5.74) is 1.04. The number of aliphatic hydroxyl groups excluding tert-OH is 1. The van der Waals surface area contributed by atoms with Crippen LogP contribution in [0.4, 0.5) is 0 Å². The number of rotatable bonds is 4. The second-order valence-corrected chi connectivity index (χ2v) is 2.82. The van der Waals surface area contributed by atoms with E-state index in [0.29, 0.717) is 0 Å². The lowest BCUT2D eigenvalue weighted by Crippen LogP contribution is -2.10. The Morgan fingerprint density at radius 3 is 2.85 bits per heavy atom. The Hall–Kier alpha value is -1.28. The molecule has 0 aliphatic rings. The number of hydrogen-bond donors (Lipinski definition) is 1. The van der Waals surface area contributed by atoms with Crippen LogP contribution in [0.3, 0.4) is 0 Å². The highest BCUT2D eigenvalue weighted by Crippen LogP contribution is 2.19. The molecule has 0 saturated carbocycles. The molecule has 0 spiro atoms. The summed E-state index contributed by atoms with van der Waals surface area (Å²) in [7, 11) is 0. The maximum absolute atomic E-state index is 9.05. The van der Waals surface area contributed by atoms with Gasteiger partial charge in [0.2, 0.25) is 0 Å². The summed E-state index contributed by atoms with van der Waals surface area (Å²) in [5, 5.41) is 9.05. The molecule has 70 valence electrons. The van der Waals surface area contributed by atoms with Crippen LogP contribution < -0.4 is 4.74 Å². The number of aliphatic hydroxyl groups is 1. The maximum atomic E-state index is 9.05. The lowest BCUT2D eigenvalue weighted by molar-refractivity contribution is -0.000906. The van der Waals surface area contributed by atoms with Crippen molar-refractivity contribution in [2.45, 2.75) is 19.6 Å². The van der Waals surface area contributed by atoms with Crippen LogP contribution in [-0.2, 0) is 6.42 Å². The Morgan fingerprint density at radius 1 is 1.54 bits per heavy atom. The van der Waals surface area contributed by atoms with E-state index in [9.17, 15) is 0 Å². The lowest BCUT2D eigenvalue weighted by Gasteiger charge is -2.11. The predicted molar refractivity (Wildman–Crippen MR) is 52.7 cm³/mol. The van der Waals surface area contributed by atoms with Gasteiger partial charge < -0.3 is 9.84 Å². The van der Waals surface area contributed by atoms with Gasteiger partial charge in [0, 0.05) is 0 Å². The van der Waals surface area contributed by atoms with E-state index in [4.69, 9.17) is 9.84 Å². The quantitative estimate of drug-likeness (QED) is 0.565. The van der Waals surface area contributed by atoms with Gasteiger partial charge in [-0.15, -0.1) is 6.58 Å². The number of allylic oxidation sites excluding steroid dienone is 1. The molecule has 1 atom stereocenters. The monoisotopic (exact) mass is 178 g/mol. The van der Waals surface area contributed by atoms with E-state index in [0.717, 1.165) is 17.7 Å². The molecule has 0 saturated heterocycles. The second-order valence-electron chi connectivity index (χ2n) is 2.82. The Balaban J connectivity index is 2.83. The highest BCUT2D eigenvalue weighted by Gasteiger charge is 2.03. The minimum absolute atomic E-state index is 0.720. The molecule has 2 nitrogen and oxygen atoms in total. The molecule has 1 N–H and O–H groups in total. The van der Waals surface area contributed by atoms with Gasteiger partial charge in [0.1, 0.15) is 5.75 Å². The van der Waals surface area contributed by atoms with Crippen LogP contribution in [0.1, 0.15) is 12.5 Å². The molecule has 0 aliphatic heterocycles. The van der Waals surface area contributed by atoms with Gasteiger partial charge in [-0.2, -0.15) is 0 Å². The number of hydrogen-bond acceptors (Lipinski definition) is 2. The molecule has 1 rings (SSSR count). The number of ether oxygens (including phenoxy) is 1. The summed E-state index contributed by atoms with van der Waals surface area (Å²) in [5.74, 6) is 0.720. The molecular formula is C11H14O2. The maximum Gasteiger partial charge on any atom is 0.194 e. The Bertz CT molecular complexity index is 279. The normalized spacial score (nSPS) is 12.2. The average molecular weight is 178 g/mol. The molecule has 0 amide bonds. The molecule has 0 aromatic heterocycles. The highest BCUT2D eigenvalue weighted by molar-refractivity contribution is 5.34. The Morgan fingerprint density at radius 2 is 2.23 bits per heavy atom. The molecule has 0 heterocycles. The molecular weight excluding hydrogens is 164 g/mol. The van der Waals surface area contributed by atoms with E-state index in [1.807, 2.05) is 30.3 Å². The fourth-order valence-corrected chi connectivity index (χ4v) is 1.13. The van der Waals surface area contributed by atoms with E-state index in [1.165, 1.54) is 0 Å². The van der Waals surface area contributed by atoms with Crippen LogP contribution in [0.25, 0.3) is 0 Å². The minimum Gasteiger partial charge on any atom is -0.465 e. The molecule has 0 fully saturated rings. The fraction of sp³-hybridized carbons (Fsp3) is 0.273. The summed E-state index contributed by atoms with van der Waals surface area (Å²) in [6.07, 6.45) is 1.79. The third-order valence-electron chi connectivity index (χ3n) is 1.63. The molecule has 0 bridgehead atoms. The first-order chi connectivity index (χ1) is 6.24. The molecule has 1 aromatic carbocycles. The minimum atomic E-state index is -0.772. The van der Waals surface area contributed by atoms with Gasteiger partial charge in [0.15, 0.2) is 6.29 Å². The Labute approximate surface area is 78.5 Å². The average Bonchev–Trinajstić information content (AvgIpc) is 2.08. The first-order valence-electron chi connectivity index (χ1n) is 4.27. The van der Waals surface area contributed by atoms with E-state index in [1.54, 1.807) is 6.92 Å². The van der Waals surface area contributed by atoms with E-state index >= 15 is 0 Å². The van der Waals surface area contributed by atoms with Crippen LogP contribution in [0.15, 0.2) is 36.9 Å². The van der Waals surface area contributed by atoms with Crippen LogP contribution in [0, 0.1) is 0 Å². The summed E-state index contributed by atoms with van der Waals surface area (Å²) < 4.78 is 5.21. The van der Waals surface area contributed by atoms with Gasteiger partial charge in [-0.3, -0.25) is 0 Å². The van der Waals surface area contributed by atoms with Crippen LogP contribution in [0.5, 0.6) is 5.75 Å². The molecule has 1 unspecified atom stereocenters. The van der Waals surface area contributed by atoms with Crippen LogP contribution in [0.2, 0.25) is 0 Å². The smallest absolute Gasteiger partial charge is 0.194 e. The van der Waals surface area contributed by atoms with Crippen molar-refractivity contribution in [1.82, 2.24) is 0 Å². The van der Waals surface area contributed by atoms with Crippen molar-refractivity contribution in [3.63, 3.8) is 0 Å². The topological polar surface area (TPSA) is 29.5 Å². The SMILES string of the molecule is C=CCc1ccccc1OC(C)O. The zero-order chi connectivity index (χ0) is 9.68. The molecule has 1 aromatic rings. The van der Waals surface area contributed by atoms with Crippen molar-refractivity contribution in [3.8, 4) is 5.75 Å². The molecule has 13 heavy (non-hydrogen) atoms. The predicted octanol–water partition coefficient (Wildman–Crippen LogP) is 2.13. The third kappa shape index (κ3) is 2.92. The van der Waals surface area contributed by atoms with Gasteiger partial charge in [-0.1, -0.05) is 24.3 Å². The first-order valence-corrected chi connectivity index (χ1v) is 4.27. The van der Waals surface area contributed by atoms with Crippen LogP contribution >= 0.6 is 0 Å². The van der Waals surface area contributed by atoms with Gasteiger partial charge in [0.25, 0.3) is 0 Å². The largest absolute Gasteiger partial charge is 0.465 e. The standard InChI is InChI=1S/C11H14O2/c1-3-6-10-7-4-5-8-11(10)13-9(2)12/h3-5,7-9,12H,1,6H2,2H3. The fourth-order valence-electron chi connectivity index (χ4n) is 1.13. The van der Waals surface area contributed by atoms with E-state index in [-0.39, 0.29) is 0 Å². The third-order valence-corrected chi connectivity index (χ3v) is 1.63. The van der Waals surface area contributed by atoms with E-state index < -0.39 is 6.29 Å².